The Bertz CT molecular complexity index is 665. The second kappa shape index (κ2) is 5.65. The monoisotopic (exact) mass is 345 g/mol. The van der Waals surface area contributed by atoms with Gasteiger partial charge >= 0.3 is 0 Å². The lowest BCUT2D eigenvalue weighted by Crippen LogP contribution is -2.34. The van der Waals surface area contributed by atoms with E-state index in [0.29, 0.717) is 30.0 Å². The number of hydrogen-bond acceptors (Lipinski definition) is 4. The molecule has 21 heavy (non-hydrogen) atoms. The van der Waals surface area contributed by atoms with E-state index in [2.05, 4.69) is 26.2 Å². The molecular weight excluding hydrogens is 334 g/mol. The summed E-state index contributed by atoms with van der Waals surface area (Å²) in [5.74, 6) is 0.233. The van der Waals surface area contributed by atoms with E-state index in [1.807, 2.05) is 12.1 Å². The third-order valence-electron chi connectivity index (χ3n) is 3.25. The van der Waals surface area contributed by atoms with Crippen molar-refractivity contribution in [1.82, 2.24) is 9.88 Å². The first-order valence-electron chi connectivity index (χ1n) is 6.47. The number of nitrogens with one attached hydrogen (secondary N) is 1. The number of nitrogens with zero attached hydrogens (tertiary/aromatic N) is 2. The number of carbonyl (C=O) groups excluding carboxylic acids is 2. The lowest BCUT2D eigenvalue weighted by molar-refractivity contribution is 0.0660. The number of imide groups is 1. The lowest BCUT2D eigenvalue weighted by Gasteiger charge is -2.14. The fraction of sp³-hybridized carbons (Fsp3) is 0.133. The summed E-state index contributed by atoms with van der Waals surface area (Å²) < 4.78 is 0.897. The summed E-state index contributed by atoms with van der Waals surface area (Å²) in [6, 6.07) is 10.6. The van der Waals surface area contributed by atoms with Crippen LogP contribution in [0.15, 0.2) is 47.1 Å². The quantitative estimate of drug-likeness (QED) is 0.865. The number of pyridine rings is 1. The molecule has 2 amide bonds. The zero-order valence-corrected chi connectivity index (χ0v) is 12.6. The SMILES string of the molecule is O=C1c2ccccc2C(=O)N1CCNc1ccc(Br)cn1. The zero-order chi connectivity index (χ0) is 14.8. The maximum atomic E-state index is 12.1. The minimum Gasteiger partial charge on any atom is -0.368 e. The minimum absolute atomic E-state index is 0.235. The molecule has 5 nitrogen and oxygen atoms in total. The molecule has 0 saturated heterocycles. The molecule has 0 atom stereocenters. The molecule has 0 saturated carbocycles. The second-order valence-corrected chi connectivity index (χ2v) is 5.51. The first-order chi connectivity index (χ1) is 10.2. The Kier molecular flexibility index (Phi) is 3.70. The molecular formula is C15H12BrN3O2. The Morgan fingerprint density at radius 1 is 1.05 bits per heavy atom. The summed E-state index contributed by atoms with van der Waals surface area (Å²) in [6.07, 6.45) is 1.68. The fourth-order valence-corrected chi connectivity index (χ4v) is 2.45. The summed E-state index contributed by atoms with van der Waals surface area (Å²) >= 11 is 3.31. The van der Waals surface area contributed by atoms with E-state index in [-0.39, 0.29) is 11.8 Å². The van der Waals surface area contributed by atoms with Gasteiger partial charge in [0.15, 0.2) is 0 Å². The van der Waals surface area contributed by atoms with Crippen LogP contribution in [0.1, 0.15) is 20.7 Å². The predicted octanol–water partition coefficient (Wildman–Crippen LogP) is 2.55. The molecule has 0 spiro atoms. The Morgan fingerprint density at radius 2 is 1.71 bits per heavy atom. The largest absolute Gasteiger partial charge is 0.368 e. The molecule has 2 heterocycles. The molecule has 1 N–H and O–H groups in total. The van der Waals surface area contributed by atoms with Crippen molar-refractivity contribution >= 4 is 33.6 Å². The summed E-state index contributed by atoms with van der Waals surface area (Å²) in [5.41, 5.74) is 0.952. The van der Waals surface area contributed by atoms with Gasteiger partial charge in [0, 0.05) is 23.8 Å². The molecule has 1 aromatic heterocycles. The van der Waals surface area contributed by atoms with Crippen LogP contribution in [0.3, 0.4) is 0 Å². The van der Waals surface area contributed by atoms with E-state index in [4.69, 9.17) is 0 Å². The van der Waals surface area contributed by atoms with Crippen LogP contribution in [0.5, 0.6) is 0 Å². The Hall–Kier alpha value is -2.21. The first-order valence-corrected chi connectivity index (χ1v) is 7.27. The van der Waals surface area contributed by atoms with Crippen LogP contribution in [-0.2, 0) is 0 Å². The Balaban J connectivity index is 1.63. The van der Waals surface area contributed by atoms with Crippen molar-refractivity contribution in [3.8, 4) is 0 Å². The molecule has 0 radical (unpaired) electrons. The van der Waals surface area contributed by atoms with Gasteiger partial charge in [0.1, 0.15) is 5.82 Å². The smallest absolute Gasteiger partial charge is 0.261 e. The number of benzene rings is 1. The van der Waals surface area contributed by atoms with E-state index >= 15 is 0 Å². The summed E-state index contributed by atoms with van der Waals surface area (Å²) in [4.78, 5) is 29.7. The highest BCUT2D eigenvalue weighted by Crippen LogP contribution is 2.21. The summed E-state index contributed by atoms with van der Waals surface area (Å²) in [7, 11) is 0. The topological polar surface area (TPSA) is 62.3 Å². The van der Waals surface area contributed by atoms with E-state index in [1.54, 1.807) is 30.5 Å². The molecule has 6 heteroatoms. The number of aromatic nitrogens is 1. The number of anilines is 1. The van der Waals surface area contributed by atoms with Crippen LogP contribution in [0.2, 0.25) is 0 Å². The van der Waals surface area contributed by atoms with Crippen LogP contribution in [-0.4, -0.2) is 34.8 Å². The Morgan fingerprint density at radius 3 is 2.29 bits per heavy atom. The molecule has 3 rings (SSSR count). The fourth-order valence-electron chi connectivity index (χ4n) is 2.22. The summed E-state index contributed by atoms with van der Waals surface area (Å²) in [5, 5.41) is 3.09. The van der Waals surface area contributed by atoms with Gasteiger partial charge in [0.2, 0.25) is 0 Å². The van der Waals surface area contributed by atoms with E-state index in [0.717, 1.165) is 4.47 Å². The van der Waals surface area contributed by atoms with Crippen molar-refractivity contribution < 1.29 is 9.59 Å². The molecule has 0 fully saturated rings. The van der Waals surface area contributed by atoms with Crippen molar-refractivity contribution in [3.05, 3.63) is 58.2 Å². The highest BCUT2D eigenvalue weighted by atomic mass is 79.9. The zero-order valence-electron chi connectivity index (χ0n) is 11.0. The normalized spacial score (nSPS) is 13.5. The van der Waals surface area contributed by atoms with Gasteiger partial charge < -0.3 is 5.32 Å². The number of carbonyl (C=O) groups is 2. The van der Waals surface area contributed by atoms with Crippen LogP contribution >= 0.6 is 15.9 Å². The standard InChI is InChI=1S/C15H12BrN3O2/c16-10-5-6-13(18-9-10)17-7-8-19-14(20)11-3-1-2-4-12(11)15(19)21/h1-6,9H,7-8H2,(H,17,18). The third kappa shape index (κ3) is 2.67. The van der Waals surface area contributed by atoms with Crippen molar-refractivity contribution in [2.24, 2.45) is 0 Å². The van der Waals surface area contributed by atoms with Gasteiger partial charge in [-0.3, -0.25) is 14.5 Å². The molecule has 1 aliphatic rings. The van der Waals surface area contributed by atoms with Gasteiger partial charge in [-0.2, -0.15) is 0 Å². The van der Waals surface area contributed by atoms with Crippen LogP contribution in [0.25, 0.3) is 0 Å². The van der Waals surface area contributed by atoms with Crippen molar-refractivity contribution in [3.63, 3.8) is 0 Å². The average molecular weight is 346 g/mol. The van der Waals surface area contributed by atoms with Gasteiger partial charge in [-0.25, -0.2) is 4.98 Å². The number of amides is 2. The molecule has 1 aromatic carbocycles. The van der Waals surface area contributed by atoms with E-state index in [1.165, 1.54) is 4.90 Å². The lowest BCUT2D eigenvalue weighted by atomic mass is 10.1. The first kappa shape index (κ1) is 13.8. The highest BCUT2D eigenvalue weighted by Gasteiger charge is 2.34. The van der Waals surface area contributed by atoms with Gasteiger partial charge in [0.25, 0.3) is 11.8 Å². The number of halogens is 1. The minimum atomic E-state index is -0.235. The number of fused-ring (bicyclic) bond motifs is 1. The van der Waals surface area contributed by atoms with Crippen molar-refractivity contribution in [2.75, 3.05) is 18.4 Å². The molecule has 0 unspecified atom stereocenters. The molecule has 0 bridgehead atoms. The van der Waals surface area contributed by atoms with E-state index in [9.17, 15) is 9.59 Å². The third-order valence-corrected chi connectivity index (χ3v) is 3.72. The maximum absolute atomic E-state index is 12.1. The molecule has 2 aromatic rings. The van der Waals surface area contributed by atoms with Crippen LogP contribution in [0.4, 0.5) is 5.82 Å². The molecule has 106 valence electrons. The van der Waals surface area contributed by atoms with Gasteiger partial charge in [-0.1, -0.05) is 12.1 Å². The van der Waals surface area contributed by atoms with Crippen LogP contribution < -0.4 is 5.32 Å². The Labute approximate surface area is 130 Å². The van der Waals surface area contributed by atoms with Gasteiger partial charge in [0.05, 0.1) is 11.1 Å². The predicted molar refractivity (Wildman–Crippen MR) is 82.2 cm³/mol. The van der Waals surface area contributed by atoms with Crippen LogP contribution in [0, 0.1) is 0 Å². The number of hydrogen-bond donors (Lipinski definition) is 1. The van der Waals surface area contributed by atoms with E-state index < -0.39 is 0 Å². The van der Waals surface area contributed by atoms with Gasteiger partial charge in [-0.05, 0) is 40.2 Å². The highest BCUT2D eigenvalue weighted by molar-refractivity contribution is 9.10. The van der Waals surface area contributed by atoms with Crippen molar-refractivity contribution in [2.45, 2.75) is 0 Å². The second-order valence-electron chi connectivity index (χ2n) is 4.60. The molecule has 0 aliphatic carbocycles. The maximum Gasteiger partial charge on any atom is 0.261 e. The number of rotatable bonds is 4. The van der Waals surface area contributed by atoms with Crippen molar-refractivity contribution in [1.29, 1.82) is 0 Å². The van der Waals surface area contributed by atoms with Gasteiger partial charge in [-0.15, -0.1) is 0 Å². The summed E-state index contributed by atoms with van der Waals surface area (Å²) in [6.45, 7) is 0.768. The molecule has 1 aliphatic heterocycles. The average Bonchev–Trinajstić information content (AvgIpc) is 2.75.